The van der Waals surface area contributed by atoms with Gasteiger partial charge >= 0.3 is 0 Å². The van der Waals surface area contributed by atoms with Crippen LogP contribution in [0.5, 0.6) is 0 Å². The molecule has 4 rings (SSSR count). The van der Waals surface area contributed by atoms with Crippen LogP contribution in [0.4, 0.5) is 0 Å². The van der Waals surface area contributed by atoms with Gasteiger partial charge in [0.2, 0.25) is 5.91 Å². The van der Waals surface area contributed by atoms with Crippen LogP contribution >= 0.6 is 0 Å². The topological polar surface area (TPSA) is 29.1 Å². The number of carbonyl (C=O) groups is 1. The van der Waals surface area contributed by atoms with Crippen molar-refractivity contribution in [3.63, 3.8) is 0 Å². The van der Waals surface area contributed by atoms with Gasteiger partial charge in [-0.05, 0) is 30.4 Å². The Hall–Kier alpha value is -2.09. The average molecular weight is 319 g/mol. The van der Waals surface area contributed by atoms with Gasteiger partial charge in [0.15, 0.2) is 0 Å². The highest BCUT2D eigenvalue weighted by molar-refractivity contribution is 5.86. The number of hydrogen-bond acceptors (Lipinski definition) is 1. The molecule has 0 saturated heterocycles. The van der Waals surface area contributed by atoms with Gasteiger partial charge in [0.1, 0.15) is 0 Å². The number of carbonyl (C=O) groups excluding carboxylic acids is 1. The van der Waals surface area contributed by atoms with Gasteiger partial charge in [0.25, 0.3) is 0 Å². The minimum atomic E-state index is -0.138. The zero-order valence-electron chi connectivity index (χ0n) is 14.1. The summed E-state index contributed by atoms with van der Waals surface area (Å²) in [5.74, 6) is 0.304. The SMILES string of the molecule is O=C(NC1CCCCC1)[C@H]1CC1(c1ccccc1)c1ccccc1. The van der Waals surface area contributed by atoms with Crippen LogP contribution < -0.4 is 5.32 Å². The molecular weight excluding hydrogens is 294 g/mol. The first-order valence-corrected chi connectivity index (χ1v) is 9.22. The van der Waals surface area contributed by atoms with E-state index in [4.69, 9.17) is 0 Å². The lowest BCUT2D eigenvalue weighted by molar-refractivity contribution is -0.123. The standard InChI is InChI=1S/C22H25NO/c24-21(23-19-14-8-3-9-15-19)20-16-22(20,17-10-4-1-5-11-17)18-12-6-2-7-13-18/h1-2,4-7,10-13,19-20H,3,8-9,14-16H2,(H,23,24)/t20-/m1/s1. The maximum Gasteiger partial charge on any atom is 0.224 e. The van der Waals surface area contributed by atoms with Gasteiger partial charge in [-0.2, -0.15) is 0 Å². The van der Waals surface area contributed by atoms with Gasteiger partial charge in [0, 0.05) is 11.5 Å². The summed E-state index contributed by atoms with van der Waals surface area (Å²) in [6.45, 7) is 0. The monoisotopic (exact) mass is 319 g/mol. The molecule has 124 valence electrons. The molecule has 24 heavy (non-hydrogen) atoms. The Morgan fingerprint density at radius 1 is 0.833 bits per heavy atom. The molecule has 2 aromatic carbocycles. The fraction of sp³-hybridized carbons (Fsp3) is 0.409. The van der Waals surface area contributed by atoms with Crippen LogP contribution in [0, 0.1) is 5.92 Å². The third kappa shape index (κ3) is 2.75. The van der Waals surface area contributed by atoms with Crippen LogP contribution in [0.1, 0.15) is 49.7 Å². The molecule has 2 saturated carbocycles. The Kier molecular flexibility index (Phi) is 4.13. The van der Waals surface area contributed by atoms with Crippen LogP contribution in [-0.4, -0.2) is 11.9 Å². The van der Waals surface area contributed by atoms with Crippen molar-refractivity contribution < 1.29 is 4.79 Å². The lowest BCUT2D eigenvalue weighted by atomic mass is 9.85. The van der Waals surface area contributed by atoms with Crippen molar-refractivity contribution in [2.45, 2.75) is 50.0 Å². The molecule has 2 aliphatic carbocycles. The van der Waals surface area contributed by atoms with E-state index in [1.54, 1.807) is 0 Å². The van der Waals surface area contributed by atoms with E-state index < -0.39 is 0 Å². The molecule has 0 bridgehead atoms. The quantitative estimate of drug-likeness (QED) is 0.887. The largest absolute Gasteiger partial charge is 0.353 e. The zero-order chi connectivity index (χ0) is 16.4. The molecule has 2 aliphatic rings. The smallest absolute Gasteiger partial charge is 0.224 e. The second-order valence-electron chi connectivity index (χ2n) is 7.30. The lowest BCUT2D eigenvalue weighted by Gasteiger charge is -2.24. The fourth-order valence-electron chi connectivity index (χ4n) is 4.40. The number of hydrogen-bond donors (Lipinski definition) is 1. The third-order valence-electron chi connectivity index (χ3n) is 5.81. The maximum atomic E-state index is 12.9. The van der Waals surface area contributed by atoms with Crippen molar-refractivity contribution in [1.29, 1.82) is 0 Å². The first kappa shape index (κ1) is 15.4. The molecule has 0 heterocycles. The predicted molar refractivity (Wildman–Crippen MR) is 96.8 cm³/mol. The van der Waals surface area contributed by atoms with Crippen LogP contribution in [-0.2, 0) is 10.2 Å². The van der Waals surface area contributed by atoms with Crippen molar-refractivity contribution in [1.82, 2.24) is 5.32 Å². The predicted octanol–water partition coefficient (Wildman–Crippen LogP) is 4.44. The van der Waals surface area contributed by atoms with E-state index in [1.807, 2.05) is 12.1 Å². The van der Waals surface area contributed by atoms with E-state index in [0.29, 0.717) is 6.04 Å². The number of amides is 1. The molecule has 2 heteroatoms. The molecule has 1 amide bonds. The van der Waals surface area contributed by atoms with Crippen molar-refractivity contribution in [2.24, 2.45) is 5.92 Å². The third-order valence-corrected chi connectivity index (χ3v) is 5.81. The van der Waals surface area contributed by atoms with Gasteiger partial charge in [-0.3, -0.25) is 4.79 Å². The summed E-state index contributed by atoms with van der Waals surface area (Å²) in [4.78, 5) is 12.9. The zero-order valence-corrected chi connectivity index (χ0v) is 14.1. The molecule has 2 fully saturated rings. The minimum absolute atomic E-state index is 0.0595. The van der Waals surface area contributed by atoms with Crippen LogP contribution in [0.15, 0.2) is 60.7 Å². The molecule has 2 aromatic rings. The lowest BCUT2D eigenvalue weighted by Crippen LogP contribution is -2.38. The highest BCUT2D eigenvalue weighted by atomic mass is 16.2. The summed E-state index contributed by atoms with van der Waals surface area (Å²) in [6, 6.07) is 21.5. The van der Waals surface area contributed by atoms with E-state index in [0.717, 1.165) is 19.3 Å². The van der Waals surface area contributed by atoms with Crippen LogP contribution in [0.25, 0.3) is 0 Å². The summed E-state index contributed by atoms with van der Waals surface area (Å²) in [5.41, 5.74) is 2.39. The van der Waals surface area contributed by atoms with Crippen molar-refractivity contribution in [3.8, 4) is 0 Å². The minimum Gasteiger partial charge on any atom is -0.353 e. The summed E-state index contributed by atoms with van der Waals surface area (Å²) in [7, 11) is 0. The second-order valence-corrected chi connectivity index (χ2v) is 7.30. The van der Waals surface area contributed by atoms with Gasteiger partial charge in [-0.25, -0.2) is 0 Å². The molecule has 0 unspecified atom stereocenters. The van der Waals surface area contributed by atoms with E-state index in [9.17, 15) is 4.79 Å². The maximum absolute atomic E-state index is 12.9. The van der Waals surface area contributed by atoms with Crippen molar-refractivity contribution in [3.05, 3.63) is 71.8 Å². The van der Waals surface area contributed by atoms with Crippen molar-refractivity contribution >= 4 is 5.91 Å². The molecular formula is C22H25NO. The van der Waals surface area contributed by atoms with Crippen molar-refractivity contribution in [2.75, 3.05) is 0 Å². The van der Waals surface area contributed by atoms with Crippen LogP contribution in [0.2, 0.25) is 0 Å². The molecule has 1 N–H and O–H groups in total. The van der Waals surface area contributed by atoms with E-state index in [2.05, 4.69) is 53.8 Å². The summed E-state index contributed by atoms with van der Waals surface area (Å²) >= 11 is 0. The summed E-state index contributed by atoms with van der Waals surface area (Å²) < 4.78 is 0. The van der Waals surface area contributed by atoms with E-state index in [-0.39, 0.29) is 17.2 Å². The number of nitrogens with one attached hydrogen (secondary N) is 1. The second kappa shape index (κ2) is 6.43. The Bertz CT molecular complexity index is 649. The van der Waals surface area contributed by atoms with Crippen LogP contribution in [0.3, 0.4) is 0 Å². The normalized spacial score (nSPS) is 22.8. The van der Waals surface area contributed by atoms with Gasteiger partial charge in [-0.1, -0.05) is 79.9 Å². The molecule has 0 spiro atoms. The number of benzene rings is 2. The van der Waals surface area contributed by atoms with Gasteiger partial charge < -0.3 is 5.32 Å². The van der Waals surface area contributed by atoms with Gasteiger partial charge in [-0.15, -0.1) is 0 Å². The Labute approximate surface area is 144 Å². The number of rotatable bonds is 4. The highest BCUT2D eigenvalue weighted by Gasteiger charge is 2.60. The molecule has 2 nitrogen and oxygen atoms in total. The first-order valence-electron chi connectivity index (χ1n) is 9.22. The summed E-state index contributed by atoms with van der Waals surface area (Å²) in [5, 5.41) is 3.34. The molecule has 0 aliphatic heterocycles. The molecule has 0 aromatic heterocycles. The Morgan fingerprint density at radius 3 is 1.92 bits per heavy atom. The molecule has 1 atom stereocenters. The van der Waals surface area contributed by atoms with Gasteiger partial charge in [0.05, 0.1) is 5.92 Å². The average Bonchev–Trinajstić information content (AvgIpc) is 3.41. The van der Waals surface area contributed by atoms with E-state index >= 15 is 0 Å². The molecule has 0 radical (unpaired) electrons. The van der Waals surface area contributed by atoms with E-state index in [1.165, 1.54) is 30.4 Å². The Balaban J connectivity index is 1.59. The fourth-order valence-corrected chi connectivity index (χ4v) is 4.40. The Morgan fingerprint density at radius 2 is 1.38 bits per heavy atom. The first-order chi connectivity index (χ1) is 11.8. The highest BCUT2D eigenvalue weighted by Crippen LogP contribution is 2.58. The summed E-state index contributed by atoms with van der Waals surface area (Å²) in [6.07, 6.45) is 7.01.